The molecule has 0 aliphatic rings. The number of hydrogen-bond donors (Lipinski definition) is 3. The van der Waals surface area contributed by atoms with Gasteiger partial charge in [0.25, 0.3) is 5.91 Å². The lowest BCUT2D eigenvalue weighted by Gasteiger charge is -2.08. The minimum atomic E-state index is -0.323. The molecular formula is C21H21N5O2. The van der Waals surface area contributed by atoms with Gasteiger partial charge in [0.15, 0.2) is 11.5 Å². The quantitative estimate of drug-likeness (QED) is 0.605. The van der Waals surface area contributed by atoms with E-state index in [0.717, 1.165) is 12.1 Å². The van der Waals surface area contributed by atoms with Crippen LogP contribution >= 0.6 is 0 Å². The van der Waals surface area contributed by atoms with E-state index in [9.17, 15) is 9.59 Å². The molecular weight excluding hydrogens is 354 g/mol. The second-order valence-electron chi connectivity index (χ2n) is 6.20. The van der Waals surface area contributed by atoms with Gasteiger partial charge in [-0.25, -0.2) is 0 Å². The van der Waals surface area contributed by atoms with E-state index in [0.29, 0.717) is 17.2 Å². The van der Waals surface area contributed by atoms with E-state index < -0.39 is 0 Å². The second kappa shape index (κ2) is 8.77. The van der Waals surface area contributed by atoms with Gasteiger partial charge in [0, 0.05) is 24.0 Å². The maximum absolute atomic E-state index is 12.3. The van der Waals surface area contributed by atoms with Gasteiger partial charge in [0.2, 0.25) is 5.91 Å². The van der Waals surface area contributed by atoms with Gasteiger partial charge in [-0.05, 0) is 54.4 Å². The number of amides is 2. The van der Waals surface area contributed by atoms with Crippen molar-refractivity contribution in [3.63, 3.8) is 0 Å². The third-order valence-electron chi connectivity index (χ3n) is 3.97. The Hall–Kier alpha value is -3.74. The Kier molecular flexibility index (Phi) is 5.96. The van der Waals surface area contributed by atoms with Crippen molar-refractivity contribution in [1.29, 1.82) is 0 Å². The first-order chi connectivity index (χ1) is 13.5. The van der Waals surface area contributed by atoms with Crippen LogP contribution < -0.4 is 16.0 Å². The normalized spacial score (nSPS) is 10.2. The molecule has 2 aromatic carbocycles. The van der Waals surface area contributed by atoms with Gasteiger partial charge in [-0.1, -0.05) is 25.1 Å². The summed E-state index contributed by atoms with van der Waals surface area (Å²) in [6.45, 7) is 3.53. The van der Waals surface area contributed by atoms with Crippen molar-refractivity contribution in [3.05, 3.63) is 71.9 Å². The lowest BCUT2D eigenvalue weighted by molar-refractivity contribution is -0.114. The summed E-state index contributed by atoms with van der Waals surface area (Å²) in [7, 11) is 0. The lowest BCUT2D eigenvalue weighted by Crippen LogP contribution is -2.14. The summed E-state index contributed by atoms with van der Waals surface area (Å²) in [6, 6.07) is 18.2. The molecule has 7 heteroatoms. The zero-order chi connectivity index (χ0) is 19.9. The summed E-state index contributed by atoms with van der Waals surface area (Å²) < 4.78 is 0. The fourth-order valence-electron chi connectivity index (χ4n) is 2.56. The zero-order valence-electron chi connectivity index (χ0n) is 15.7. The number of benzene rings is 2. The number of aryl methyl sites for hydroxylation is 1. The first-order valence-corrected chi connectivity index (χ1v) is 8.92. The van der Waals surface area contributed by atoms with Gasteiger partial charge in [-0.2, -0.15) is 0 Å². The van der Waals surface area contributed by atoms with Gasteiger partial charge in [0.05, 0.1) is 0 Å². The smallest absolute Gasteiger partial charge is 0.276 e. The SMILES string of the molecule is CCc1ccc(NC(=O)c2ccc(Nc3cccc(NC(C)=O)c3)nn2)cc1. The summed E-state index contributed by atoms with van der Waals surface area (Å²) in [5.74, 6) is 0.0245. The van der Waals surface area contributed by atoms with Crippen LogP contribution in [0.2, 0.25) is 0 Å². The maximum Gasteiger partial charge on any atom is 0.276 e. The zero-order valence-corrected chi connectivity index (χ0v) is 15.7. The van der Waals surface area contributed by atoms with E-state index in [4.69, 9.17) is 0 Å². The number of nitrogens with zero attached hydrogens (tertiary/aromatic N) is 2. The third kappa shape index (κ3) is 5.14. The summed E-state index contributed by atoms with van der Waals surface area (Å²) in [4.78, 5) is 23.5. The van der Waals surface area contributed by atoms with Crippen molar-refractivity contribution in [2.75, 3.05) is 16.0 Å². The summed E-state index contributed by atoms with van der Waals surface area (Å²) >= 11 is 0. The van der Waals surface area contributed by atoms with Crippen LogP contribution in [0.15, 0.2) is 60.7 Å². The van der Waals surface area contributed by atoms with Gasteiger partial charge >= 0.3 is 0 Å². The van der Waals surface area contributed by atoms with E-state index in [1.165, 1.54) is 12.5 Å². The van der Waals surface area contributed by atoms with Crippen LogP contribution in [0.25, 0.3) is 0 Å². The van der Waals surface area contributed by atoms with Crippen LogP contribution in [0.5, 0.6) is 0 Å². The van der Waals surface area contributed by atoms with Crippen molar-refractivity contribution >= 4 is 34.7 Å². The largest absolute Gasteiger partial charge is 0.339 e. The monoisotopic (exact) mass is 375 g/mol. The number of carbonyl (C=O) groups excluding carboxylic acids is 2. The average Bonchev–Trinajstić information content (AvgIpc) is 2.69. The molecule has 7 nitrogen and oxygen atoms in total. The van der Waals surface area contributed by atoms with Crippen LogP contribution in [-0.4, -0.2) is 22.0 Å². The molecule has 3 rings (SSSR count). The summed E-state index contributed by atoms with van der Waals surface area (Å²) in [6.07, 6.45) is 0.946. The Morgan fingerprint density at radius 1 is 0.857 bits per heavy atom. The molecule has 2 amide bonds. The highest BCUT2D eigenvalue weighted by Gasteiger charge is 2.09. The molecule has 142 valence electrons. The van der Waals surface area contributed by atoms with Crippen molar-refractivity contribution in [1.82, 2.24) is 10.2 Å². The molecule has 0 spiro atoms. The van der Waals surface area contributed by atoms with Crippen LogP contribution in [0.4, 0.5) is 22.9 Å². The van der Waals surface area contributed by atoms with E-state index in [2.05, 4.69) is 33.1 Å². The molecule has 0 unspecified atom stereocenters. The highest BCUT2D eigenvalue weighted by Crippen LogP contribution is 2.19. The molecule has 0 aliphatic heterocycles. The molecule has 0 atom stereocenters. The molecule has 1 aromatic heterocycles. The summed E-state index contributed by atoms with van der Waals surface area (Å²) in [5, 5.41) is 16.6. The average molecular weight is 375 g/mol. The molecule has 3 N–H and O–H groups in total. The highest BCUT2D eigenvalue weighted by atomic mass is 16.2. The van der Waals surface area contributed by atoms with E-state index in [1.807, 2.05) is 36.4 Å². The molecule has 0 aliphatic carbocycles. The molecule has 1 heterocycles. The Bertz CT molecular complexity index is 969. The first-order valence-electron chi connectivity index (χ1n) is 8.92. The van der Waals surface area contributed by atoms with Crippen LogP contribution in [0, 0.1) is 0 Å². The van der Waals surface area contributed by atoms with Crippen LogP contribution in [-0.2, 0) is 11.2 Å². The van der Waals surface area contributed by atoms with Crippen LogP contribution in [0.1, 0.15) is 29.9 Å². The fraction of sp³-hybridized carbons (Fsp3) is 0.143. The number of rotatable bonds is 6. The van der Waals surface area contributed by atoms with Crippen LogP contribution in [0.3, 0.4) is 0 Å². The van der Waals surface area contributed by atoms with Gasteiger partial charge in [-0.3, -0.25) is 9.59 Å². The van der Waals surface area contributed by atoms with E-state index in [1.54, 1.807) is 24.3 Å². The Morgan fingerprint density at radius 2 is 1.61 bits per heavy atom. The highest BCUT2D eigenvalue weighted by molar-refractivity contribution is 6.02. The number of anilines is 4. The number of hydrogen-bond acceptors (Lipinski definition) is 5. The van der Waals surface area contributed by atoms with E-state index >= 15 is 0 Å². The Labute approximate surface area is 163 Å². The number of aromatic nitrogens is 2. The van der Waals surface area contributed by atoms with Crippen molar-refractivity contribution in [2.45, 2.75) is 20.3 Å². The minimum absolute atomic E-state index is 0.142. The Balaban J connectivity index is 1.64. The van der Waals surface area contributed by atoms with Gasteiger partial charge in [0.1, 0.15) is 0 Å². The number of nitrogens with one attached hydrogen (secondary N) is 3. The standard InChI is InChI=1S/C21H21N5O2/c1-3-15-7-9-16(10-8-15)24-21(28)19-11-12-20(26-25-19)23-18-6-4-5-17(13-18)22-14(2)27/h4-13H,3H2,1-2H3,(H,22,27)(H,23,26)(H,24,28). The molecule has 0 radical (unpaired) electrons. The minimum Gasteiger partial charge on any atom is -0.339 e. The lowest BCUT2D eigenvalue weighted by atomic mass is 10.1. The predicted octanol–water partition coefficient (Wildman–Crippen LogP) is 3.99. The summed E-state index contributed by atoms with van der Waals surface area (Å²) in [5.41, 5.74) is 3.55. The fourth-order valence-corrected chi connectivity index (χ4v) is 2.56. The predicted molar refractivity (Wildman–Crippen MR) is 110 cm³/mol. The van der Waals surface area contributed by atoms with Gasteiger partial charge in [-0.15, -0.1) is 10.2 Å². The van der Waals surface area contributed by atoms with E-state index in [-0.39, 0.29) is 17.5 Å². The molecule has 0 saturated heterocycles. The third-order valence-corrected chi connectivity index (χ3v) is 3.97. The van der Waals surface area contributed by atoms with Gasteiger partial charge < -0.3 is 16.0 Å². The second-order valence-corrected chi connectivity index (χ2v) is 6.20. The van der Waals surface area contributed by atoms with Crippen molar-refractivity contribution in [3.8, 4) is 0 Å². The first kappa shape index (κ1) is 19.0. The number of carbonyl (C=O) groups is 2. The molecule has 0 saturated carbocycles. The molecule has 3 aromatic rings. The maximum atomic E-state index is 12.3. The molecule has 0 fully saturated rings. The topological polar surface area (TPSA) is 96.0 Å². The Morgan fingerprint density at radius 3 is 2.25 bits per heavy atom. The van der Waals surface area contributed by atoms with Crippen molar-refractivity contribution in [2.24, 2.45) is 0 Å². The molecule has 28 heavy (non-hydrogen) atoms. The molecule has 0 bridgehead atoms. The van der Waals surface area contributed by atoms with Crippen molar-refractivity contribution < 1.29 is 9.59 Å².